The number of allylic oxidation sites excluding steroid dienone is 2. The second-order valence-corrected chi connectivity index (χ2v) is 8.61. The molecule has 4 nitrogen and oxygen atoms in total. The van der Waals surface area contributed by atoms with Crippen LogP contribution >= 0.6 is 0 Å². The smallest absolute Gasteiger partial charge is 0.222 e. The highest BCUT2D eigenvalue weighted by atomic mass is 17.1. The van der Waals surface area contributed by atoms with E-state index in [9.17, 15) is 14.8 Å². The van der Waals surface area contributed by atoms with Gasteiger partial charge in [0.15, 0.2) is 0 Å². The molecule has 0 heterocycles. The molecule has 23 heavy (non-hydrogen) atoms. The second kappa shape index (κ2) is 5.00. The predicted octanol–water partition coefficient (Wildman–Crippen LogP) is 3.56. The molecule has 126 valence electrons. The fourth-order valence-corrected chi connectivity index (χ4v) is 6.47. The van der Waals surface area contributed by atoms with Gasteiger partial charge in [0.25, 0.3) is 0 Å². The number of carbonyl (C=O) groups is 2. The van der Waals surface area contributed by atoms with Crippen LogP contribution in [0.5, 0.6) is 0 Å². The van der Waals surface area contributed by atoms with Crippen LogP contribution in [-0.2, 0) is 14.5 Å². The molecule has 0 aromatic rings. The van der Waals surface area contributed by atoms with Gasteiger partial charge in [-0.15, -0.1) is 0 Å². The van der Waals surface area contributed by atoms with Crippen molar-refractivity contribution in [2.45, 2.75) is 64.9 Å². The van der Waals surface area contributed by atoms with Crippen molar-refractivity contribution >= 4 is 11.6 Å². The van der Waals surface area contributed by atoms with Gasteiger partial charge in [0, 0.05) is 0 Å². The molecule has 1 N–H and O–H groups in total. The Morgan fingerprint density at radius 1 is 1.13 bits per heavy atom. The number of fused-ring (bicyclic) bond motifs is 5. The summed E-state index contributed by atoms with van der Waals surface area (Å²) >= 11 is 0. The minimum Gasteiger partial charge on any atom is -0.290 e. The van der Waals surface area contributed by atoms with Gasteiger partial charge in [-0.2, -0.15) is 0 Å². The van der Waals surface area contributed by atoms with Crippen LogP contribution in [0.4, 0.5) is 0 Å². The molecule has 3 fully saturated rings. The summed E-state index contributed by atoms with van der Waals surface area (Å²) in [5.74, 6) is 0.516. The standard InChI is InChI=1S/C19H26O4/c1-18-7-4-3-5-13(18)16(23-22)9-11-12(18)6-8-19(2)14(11)10-15(20)17(19)21/h10-13,16,22H,3-9H2,1-2H3/t11-,12+,13?,16?,18-,19+/m1/s1. The fourth-order valence-electron chi connectivity index (χ4n) is 6.47. The minimum absolute atomic E-state index is 0.144. The average molecular weight is 318 g/mol. The molecule has 4 rings (SSSR count). The minimum atomic E-state index is -0.601. The van der Waals surface area contributed by atoms with E-state index in [0.717, 1.165) is 37.7 Å². The van der Waals surface area contributed by atoms with E-state index in [1.807, 2.05) is 6.92 Å². The Labute approximate surface area is 137 Å². The van der Waals surface area contributed by atoms with Crippen molar-refractivity contribution in [1.29, 1.82) is 0 Å². The van der Waals surface area contributed by atoms with E-state index in [1.54, 1.807) is 6.08 Å². The zero-order valence-electron chi connectivity index (χ0n) is 14.0. The van der Waals surface area contributed by atoms with Crippen LogP contribution in [0, 0.1) is 28.6 Å². The zero-order valence-corrected chi connectivity index (χ0v) is 14.0. The van der Waals surface area contributed by atoms with E-state index in [1.165, 1.54) is 12.8 Å². The highest BCUT2D eigenvalue weighted by molar-refractivity contribution is 6.46. The quantitative estimate of drug-likeness (QED) is 0.456. The third-order valence-electron chi connectivity index (χ3n) is 7.73. The maximum absolute atomic E-state index is 12.4. The van der Waals surface area contributed by atoms with Gasteiger partial charge >= 0.3 is 0 Å². The normalized spacial score (nSPS) is 49.3. The van der Waals surface area contributed by atoms with Crippen LogP contribution in [0.15, 0.2) is 11.6 Å². The van der Waals surface area contributed by atoms with E-state index < -0.39 is 5.41 Å². The average Bonchev–Trinajstić information content (AvgIpc) is 2.77. The number of hydrogen-bond donors (Lipinski definition) is 1. The summed E-state index contributed by atoms with van der Waals surface area (Å²) in [6.07, 6.45) is 8.67. The first-order valence-corrected chi connectivity index (χ1v) is 9.03. The summed E-state index contributed by atoms with van der Waals surface area (Å²) in [6, 6.07) is 0. The van der Waals surface area contributed by atoms with Crippen LogP contribution in [0.2, 0.25) is 0 Å². The van der Waals surface area contributed by atoms with E-state index in [-0.39, 0.29) is 29.0 Å². The Hall–Kier alpha value is -1.00. The zero-order chi connectivity index (χ0) is 16.4. The number of carbonyl (C=O) groups excluding carboxylic acids is 2. The Morgan fingerprint density at radius 2 is 1.91 bits per heavy atom. The molecule has 0 spiro atoms. The first kappa shape index (κ1) is 15.5. The van der Waals surface area contributed by atoms with Gasteiger partial charge in [0.05, 0.1) is 11.5 Å². The van der Waals surface area contributed by atoms with Crippen LogP contribution in [0.1, 0.15) is 58.8 Å². The van der Waals surface area contributed by atoms with Gasteiger partial charge in [-0.3, -0.25) is 14.8 Å². The molecule has 0 amide bonds. The molecule has 0 aliphatic heterocycles. The van der Waals surface area contributed by atoms with Crippen LogP contribution in [-0.4, -0.2) is 22.9 Å². The van der Waals surface area contributed by atoms with Crippen molar-refractivity contribution < 1.29 is 19.7 Å². The lowest BCUT2D eigenvalue weighted by atomic mass is 9.46. The second-order valence-electron chi connectivity index (χ2n) is 8.61. The van der Waals surface area contributed by atoms with Crippen molar-refractivity contribution in [2.75, 3.05) is 0 Å². The summed E-state index contributed by atoms with van der Waals surface area (Å²) in [5, 5.41) is 9.49. The highest BCUT2D eigenvalue weighted by Gasteiger charge is 2.60. The maximum Gasteiger partial charge on any atom is 0.222 e. The molecule has 6 atom stereocenters. The summed E-state index contributed by atoms with van der Waals surface area (Å²) in [4.78, 5) is 29.3. The Bertz CT molecular complexity index is 594. The summed E-state index contributed by atoms with van der Waals surface area (Å²) in [6.45, 7) is 4.29. The molecule has 0 bridgehead atoms. The van der Waals surface area contributed by atoms with Gasteiger partial charge in [0.1, 0.15) is 0 Å². The van der Waals surface area contributed by atoms with E-state index >= 15 is 0 Å². The Balaban J connectivity index is 1.76. The Kier molecular flexibility index (Phi) is 3.37. The molecule has 2 unspecified atom stereocenters. The largest absolute Gasteiger partial charge is 0.290 e. The molecular formula is C19H26O4. The van der Waals surface area contributed by atoms with Crippen LogP contribution < -0.4 is 0 Å². The van der Waals surface area contributed by atoms with Crippen molar-refractivity contribution in [3.05, 3.63) is 11.6 Å². The molecule has 0 saturated heterocycles. The van der Waals surface area contributed by atoms with E-state index in [4.69, 9.17) is 4.89 Å². The molecule has 3 saturated carbocycles. The van der Waals surface area contributed by atoms with E-state index in [2.05, 4.69) is 6.92 Å². The molecule has 0 aromatic carbocycles. The topological polar surface area (TPSA) is 63.6 Å². The molecular weight excluding hydrogens is 292 g/mol. The van der Waals surface area contributed by atoms with Gasteiger partial charge in [-0.25, -0.2) is 4.89 Å². The molecule has 0 aromatic heterocycles. The summed E-state index contributed by atoms with van der Waals surface area (Å²) in [7, 11) is 0. The molecule has 4 aliphatic rings. The number of hydrogen-bond acceptors (Lipinski definition) is 4. The van der Waals surface area contributed by atoms with Gasteiger partial charge in [0.2, 0.25) is 11.6 Å². The number of Topliss-reactive ketones (excluding diaryl/α,β-unsaturated/α-hetero) is 1. The Morgan fingerprint density at radius 3 is 2.65 bits per heavy atom. The fraction of sp³-hybridized carbons (Fsp3) is 0.789. The number of ketones is 2. The molecule has 0 radical (unpaired) electrons. The number of rotatable bonds is 1. The van der Waals surface area contributed by atoms with Gasteiger partial charge < -0.3 is 0 Å². The maximum atomic E-state index is 12.4. The van der Waals surface area contributed by atoms with Crippen molar-refractivity contribution in [1.82, 2.24) is 0 Å². The molecule has 4 aliphatic carbocycles. The van der Waals surface area contributed by atoms with Crippen LogP contribution in [0.25, 0.3) is 0 Å². The lowest BCUT2D eigenvalue weighted by Gasteiger charge is -2.59. The van der Waals surface area contributed by atoms with Crippen molar-refractivity contribution in [3.8, 4) is 0 Å². The van der Waals surface area contributed by atoms with Crippen LogP contribution in [0.3, 0.4) is 0 Å². The lowest BCUT2D eigenvalue weighted by molar-refractivity contribution is -0.317. The summed E-state index contributed by atoms with van der Waals surface area (Å²) < 4.78 is 0. The van der Waals surface area contributed by atoms with Crippen molar-refractivity contribution in [3.63, 3.8) is 0 Å². The SMILES string of the molecule is C[C@]12CC[C@H]3[C@@H](CC(OO)C4CCCC[C@@]43C)C1=CC(=O)C2=O. The molecule has 4 heteroatoms. The first-order chi connectivity index (χ1) is 10.9. The van der Waals surface area contributed by atoms with E-state index in [0.29, 0.717) is 11.8 Å². The monoisotopic (exact) mass is 318 g/mol. The third kappa shape index (κ3) is 1.91. The summed E-state index contributed by atoms with van der Waals surface area (Å²) in [5.41, 5.74) is 0.567. The predicted molar refractivity (Wildman–Crippen MR) is 84.6 cm³/mol. The van der Waals surface area contributed by atoms with Gasteiger partial charge in [-0.1, -0.05) is 19.8 Å². The highest BCUT2D eigenvalue weighted by Crippen LogP contribution is 2.64. The van der Waals surface area contributed by atoms with Gasteiger partial charge in [-0.05, 0) is 73.8 Å². The third-order valence-corrected chi connectivity index (χ3v) is 7.73. The lowest BCUT2D eigenvalue weighted by Crippen LogP contribution is -2.55. The first-order valence-electron chi connectivity index (χ1n) is 9.03. The van der Waals surface area contributed by atoms with Crippen molar-refractivity contribution in [2.24, 2.45) is 28.6 Å².